The Morgan fingerprint density at radius 1 is 1.26 bits per heavy atom. The summed E-state index contributed by atoms with van der Waals surface area (Å²) in [4.78, 5) is -0.197. The van der Waals surface area contributed by atoms with Crippen molar-refractivity contribution in [1.29, 1.82) is 0 Å². The molecule has 6 nitrogen and oxygen atoms in total. The van der Waals surface area contributed by atoms with Gasteiger partial charge in [-0.1, -0.05) is 30.1 Å². The molecule has 2 rings (SSSR count). The van der Waals surface area contributed by atoms with Crippen LogP contribution in [0, 0.1) is 6.92 Å². The van der Waals surface area contributed by atoms with E-state index in [0.717, 1.165) is 6.42 Å². The molecule has 2 aromatic rings. The van der Waals surface area contributed by atoms with Crippen LogP contribution in [0.3, 0.4) is 0 Å². The van der Waals surface area contributed by atoms with E-state index in [2.05, 4.69) is 5.10 Å². The van der Waals surface area contributed by atoms with Crippen LogP contribution in [0.5, 0.6) is 0 Å². The Balaban J connectivity index is 2.71. The molecule has 0 amide bonds. The minimum Gasteiger partial charge on any atom is -0.397 e. The third kappa shape index (κ3) is 3.00. The lowest BCUT2D eigenvalue weighted by molar-refractivity contribution is 0.482. The number of aromatic nitrogens is 2. The van der Waals surface area contributed by atoms with E-state index in [0.29, 0.717) is 5.69 Å². The van der Waals surface area contributed by atoms with Crippen LogP contribution >= 0.6 is 23.2 Å². The molecule has 9 heteroatoms. The van der Waals surface area contributed by atoms with Crippen molar-refractivity contribution in [2.45, 2.75) is 43.0 Å². The second-order valence-corrected chi connectivity index (χ2v) is 7.98. The molecule has 0 saturated carbocycles. The molecule has 1 aromatic carbocycles. The number of nitrogen functional groups attached to an aromatic ring is 2. The predicted octanol–water partition coefficient (Wildman–Crippen LogP) is 3.47. The molecule has 1 heterocycles. The molecular formula is C14H18Cl2N4O2S. The number of sulfone groups is 1. The largest absolute Gasteiger partial charge is 0.397 e. The van der Waals surface area contributed by atoms with Gasteiger partial charge in [-0.2, -0.15) is 5.10 Å². The molecule has 0 bridgehead atoms. The monoisotopic (exact) mass is 376 g/mol. The van der Waals surface area contributed by atoms with Gasteiger partial charge in [0.1, 0.15) is 10.7 Å². The highest BCUT2D eigenvalue weighted by Crippen LogP contribution is 2.37. The van der Waals surface area contributed by atoms with E-state index in [9.17, 15) is 8.42 Å². The number of halogens is 2. The van der Waals surface area contributed by atoms with Crippen molar-refractivity contribution in [2.75, 3.05) is 11.5 Å². The Morgan fingerprint density at radius 3 is 2.43 bits per heavy atom. The average Bonchev–Trinajstić information content (AvgIpc) is 2.77. The number of nitrogens with zero attached hydrogens (tertiary/aromatic N) is 2. The first-order valence-electron chi connectivity index (χ1n) is 6.95. The summed E-state index contributed by atoms with van der Waals surface area (Å²) in [7, 11) is -3.97. The van der Waals surface area contributed by atoms with Crippen molar-refractivity contribution in [2.24, 2.45) is 0 Å². The SMILES string of the molecule is CCC(C)n1nc(C)c(S(=O)(=O)c2cc(Cl)c(N)cc2Cl)c1N. The topological polar surface area (TPSA) is 104 Å². The first-order valence-corrected chi connectivity index (χ1v) is 9.19. The van der Waals surface area contributed by atoms with Crippen molar-refractivity contribution >= 4 is 44.5 Å². The van der Waals surface area contributed by atoms with Crippen LogP contribution in [-0.2, 0) is 9.84 Å². The molecule has 4 N–H and O–H groups in total. The van der Waals surface area contributed by atoms with Crippen molar-refractivity contribution in [1.82, 2.24) is 9.78 Å². The molecule has 0 saturated heterocycles. The summed E-state index contributed by atoms with van der Waals surface area (Å²) in [6.45, 7) is 5.47. The highest BCUT2D eigenvalue weighted by molar-refractivity contribution is 7.91. The van der Waals surface area contributed by atoms with E-state index >= 15 is 0 Å². The van der Waals surface area contributed by atoms with Crippen LogP contribution in [0.1, 0.15) is 32.0 Å². The lowest BCUT2D eigenvalue weighted by Crippen LogP contribution is -2.11. The fourth-order valence-electron chi connectivity index (χ4n) is 2.25. The van der Waals surface area contributed by atoms with Crippen molar-refractivity contribution in [3.63, 3.8) is 0 Å². The number of hydrogen-bond acceptors (Lipinski definition) is 5. The first-order chi connectivity index (χ1) is 10.6. The van der Waals surface area contributed by atoms with E-state index in [1.807, 2.05) is 13.8 Å². The number of nitrogens with two attached hydrogens (primary N) is 2. The smallest absolute Gasteiger partial charge is 0.213 e. The second-order valence-electron chi connectivity index (χ2n) is 5.31. The molecule has 0 fully saturated rings. The quantitative estimate of drug-likeness (QED) is 0.794. The molecule has 126 valence electrons. The summed E-state index contributed by atoms with van der Waals surface area (Å²) in [5.41, 5.74) is 12.2. The van der Waals surface area contributed by atoms with Crippen molar-refractivity contribution < 1.29 is 8.42 Å². The summed E-state index contributed by atoms with van der Waals surface area (Å²) in [5.74, 6) is 0.0841. The fourth-order valence-corrected chi connectivity index (χ4v) is 4.56. The van der Waals surface area contributed by atoms with Crippen molar-refractivity contribution in [3.8, 4) is 0 Å². The van der Waals surface area contributed by atoms with E-state index in [1.165, 1.54) is 16.8 Å². The highest BCUT2D eigenvalue weighted by Gasteiger charge is 2.30. The van der Waals surface area contributed by atoms with Crippen LogP contribution in [0.2, 0.25) is 10.0 Å². The summed E-state index contributed by atoms with van der Waals surface area (Å²) in [6.07, 6.45) is 0.763. The van der Waals surface area contributed by atoms with Gasteiger partial charge in [-0.3, -0.25) is 0 Å². The number of aryl methyl sites for hydroxylation is 1. The van der Waals surface area contributed by atoms with Gasteiger partial charge in [-0.15, -0.1) is 0 Å². The molecule has 0 spiro atoms. The lowest BCUT2D eigenvalue weighted by atomic mass is 10.3. The van der Waals surface area contributed by atoms with Gasteiger partial charge in [0.25, 0.3) is 0 Å². The summed E-state index contributed by atoms with van der Waals surface area (Å²) >= 11 is 12.0. The van der Waals surface area contributed by atoms with E-state index < -0.39 is 9.84 Å². The number of hydrogen-bond donors (Lipinski definition) is 2. The maximum absolute atomic E-state index is 13.0. The number of benzene rings is 1. The van der Waals surface area contributed by atoms with Gasteiger partial charge in [0.2, 0.25) is 9.84 Å². The van der Waals surface area contributed by atoms with Crippen molar-refractivity contribution in [3.05, 3.63) is 27.9 Å². The molecule has 1 unspecified atom stereocenters. The van der Waals surface area contributed by atoms with E-state index in [4.69, 9.17) is 34.7 Å². The Morgan fingerprint density at radius 2 is 1.87 bits per heavy atom. The third-order valence-corrected chi connectivity index (χ3v) is 6.39. The van der Waals surface area contributed by atoms with Gasteiger partial charge in [0.15, 0.2) is 0 Å². The zero-order valence-electron chi connectivity index (χ0n) is 13.0. The van der Waals surface area contributed by atoms with Crippen LogP contribution in [0.15, 0.2) is 21.9 Å². The minimum atomic E-state index is -3.97. The summed E-state index contributed by atoms with van der Waals surface area (Å²) in [5, 5.41) is 4.35. The lowest BCUT2D eigenvalue weighted by Gasteiger charge is -2.12. The molecule has 0 aliphatic carbocycles. The van der Waals surface area contributed by atoms with Crippen LogP contribution in [0.4, 0.5) is 11.5 Å². The number of rotatable bonds is 4. The molecular weight excluding hydrogens is 359 g/mol. The van der Waals surface area contributed by atoms with Crippen LogP contribution in [-0.4, -0.2) is 18.2 Å². The Hall–Kier alpha value is -1.44. The second kappa shape index (κ2) is 6.22. The molecule has 1 atom stereocenters. The predicted molar refractivity (Wildman–Crippen MR) is 92.7 cm³/mol. The molecule has 23 heavy (non-hydrogen) atoms. The van der Waals surface area contributed by atoms with Gasteiger partial charge in [0, 0.05) is 0 Å². The zero-order valence-corrected chi connectivity index (χ0v) is 15.3. The van der Waals surface area contributed by atoms with E-state index in [1.54, 1.807) is 6.92 Å². The minimum absolute atomic E-state index is 0.0120. The molecule has 0 aliphatic heterocycles. The Bertz CT molecular complexity index is 862. The summed E-state index contributed by atoms with van der Waals surface area (Å²) < 4.78 is 27.4. The Kier molecular flexibility index (Phi) is 4.84. The first kappa shape index (κ1) is 17.9. The van der Waals surface area contributed by atoms with E-state index in [-0.39, 0.29) is 37.4 Å². The molecule has 1 aromatic heterocycles. The fraction of sp³-hybridized carbons (Fsp3) is 0.357. The average molecular weight is 377 g/mol. The normalized spacial score (nSPS) is 13.3. The maximum Gasteiger partial charge on any atom is 0.213 e. The number of anilines is 2. The highest BCUT2D eigenvalue weighted by atomic mass is 35.5. The molecule has 0 radical (unpaired) electrons. The molecule has 0 aliphatic rings. The van der Waals surface area contributed by atoms with Gasteiger partial charge in [-0.05, 0) is 32.4 Å². The standard InChI is InChI=1S/C14H18Cl2N4O2S/c1-4-7(2)20-14(18)13(8(3)19-20)23(21,22)12-6-9(15)11(17)5-10(12)16/h5-7H,4,17-18H2,1-3H3. The van der Waals surface area contributed by atoms with Crippen LogP contribution < -0.4 is 11.5 Å². The van der Waals surface area contributed by atoms with Gasteiger partial charge >= 0.3 is 0 Å². The summed E-state index contributed by atoms with van der Waals surface area (Å²) in [6, 6.07) is 2.51. The maximum atomic E-state index is 13.0. The zero-order chi connectivity index (χ0) is 17.5. The van der Waals surface area contributed by atoms with Gasteiger partial charge < -0.3 is 11.5 Å². The van der Waals surface area contributed by atoms with Gasteiger partial charge in [0.05, 0.1) is 32.4 Å². The van der Waals surface area contributed by atoms with Crippen LogP contribution in [0.25, 0.3) is 0 Å². The van der Waals surface area contributed by atoms with Gasteiger partial charge in [-0.25, -0.2) is 13.1 Å². The third-order valence-electron chi connectivity index (χ3n) is 3.68. The Labute approximate surface area is 145 Å².